The van der Waals surface area contributed by atoms with Crippen LogP contribution >= 0.6 is 0 Å². The van der Waals surface area contributed by atoms with E-state index in [9.17, 15) is 9.59 Å². The summed E-state index contributed by atoms with van der Waals surface area (Å²) in [5, 5.41) is 2.77. The Balaban J connectivity index is 1.85. The molecule has 1 amide bonds. The standard InChI is InChI=1S/C23H27FN2O3/c1-3-19-21(24)22(29-23(28)18-12-8-5-9-13-18)20(14-25-16(2)27)26(19)15-17-10-6-4-7-11-17/h4-13,19-22H,3,14-15H2,1-2H3,(H,25,27)/t19-,20-,21+,22-/m1/s1. The van der Waals surface area contributed by atoms with E-state index < -0.39 is 30.3 Å². The summed E-state index contributed by atoms with van der Waals surface area (Å²) in [7, 11) is 0. The number of benzene rings is 2. The van der Waals surface area contributed by atoms with Gasteiger partial charge in [0, 0.05) is 26.1 Å². The van der Waals surface area contributed by atoms with Gasteiger partial charge in [0.25, 0.3) is 0 Å². The first kappa shape index (κ1) is 21.0. The number of halogens is 1. The largest absolute Gasteiger partial charge is 0.454 e. The lowest BCUT2D eigenvalue weighted by Crippen LogP contribution is -2.47. The zero-order valence-corrected chi connectivity index (χ0v) is 16.8. The summed E-state index contributed by atoms with van der Waals surface area (Å²) in [6.45, 7) is 4.08. The number of nitrogens with zero attached hydrogens (tertiary/aromatic N) is 1. The first-order chi connectivity index (χ1) is 14.0. The Labute approximate surface area is 170 Å². The highest BCUT2D eigenvalue weighted by molar-refractivity contribution is 5.89. The molecule has 6 heteroatoms. The lowest BCUT2D eigenvalue weighted by molar-refractivity contribution is -0.119. The summed E-state index contributed by atoms with van der Waals surface area (Å²) in [5.74, 6) is -0.754. The molecule has 1 N–H and O–H groups in total. The molecule has 29 heavy (non-hydrogen) atoms. The normalized spacial score (nSPS) is 24.2. The van der Waals surface area contributed by atoms with Crippen LogP contribution in [0.15, 0.2) is 60.7 Å². The van der Waals surface area contributed by atoms with Gasteiger partial charge in [-0.1, -0.05) is 55.5 Å². The molecule has 0 unspecified atom stereocenters. The molecule has 154 valence electrons. The molecule has 1 saturated heterocycles. The molecule has 4 atom stereocenters. The van der Waals surface area contributed by atoms with Gasteiger partial charge >= 0.3 is 5.97 Å². The fraction of sp³-hybridized carbons (Fsp3) is 0.391. The predicted molar refractivity (Wildman–Crippen MR) is 109 cm³/mol. The minimum absolute atomic E-state index is 0.201. The lowest BCUT2D eigenvalue weighted by Gasteiger charge is -2.30. The Bertz CT molecular complexity index is 815. The Hall–Kier alpha value is -2.73. The van der Waals surface area contributed by atoms with Gasteiger partial charge in [-0.15, -0.1) is 0 Å². The predicted octanol–water partition coefficient (Wildman–Crippen LogP) is 3.35. The van der Waals surface area contributed by atoms with E-state index in [4.69, 9.17) is 4.74 Å². The van der Waals surface area contributed by atoms with Crippen LogP contribution in [0.2, 0.25) is 0 Å². The molecule has 0 aliphatic carbocycles. The average Bonchev–Trinajstić information content (AvgIpc) is 2.97. The van der Waals surface area contributed by atoms with Crippen LogP contribution in [0, 0.1) is 0 Å². The van der Waals surface area contributed by atoms with Crippen LogP contribution in [0.1, 0.15) is 36.2 Å². The van der Waals surface area contributed by atoms with Crippen LogP contribution in [-0.2, 0) is 16.1 Å². The third-order valence-electron chi connectivity index (χ3n) is 5.35. The molecule has 0 saturated carbocycles. The number of carbonyl (C=O) groups excluding carboxylic acids is 2. The molecular weight excluding hydrogens is 371 g/mol. The first-order valence-electron chi connectivity index (χ1n) is 9.95. The highest BCUT2D eigenvalue weighted by Gasteiger charge is 2.50. The molecule has 1 aliphatic rings. The van der Waals surface area contributed by atoms with Crippen molar-refractivity contribution in [1.82, 2.24) is 10.2 Å². The van der Waals surface area contributed by atoms with Gasteiger partial charge in [-0.2, -0.15) is 0 Å². The van der Waals surface area contributed by atoms with E-state index in [1.807, 2.05) is 42.2 Å². The fourth-order valence-corrected chi connectivity index (χ4v) is 3.93. The van der Waals surface area contributed by atoms with E-state index in [2.05, 4.69) is 5.32 Å². The van der Waals surface area contributed by atoms with Gasteiger partial charge in [-0.3, -0.25) is 9.69 Å². The molecule has 1 aliphatic heterocycles. The molecule has 2 aromatic carbocycles. The van der Waals surface area contributed by atoms with Gasteiger partial charge in [-0.25, -0.2) is 9.18 Å². The van der Waals surface area contributed by atoms with Gasteiger partial charge in [0.15, 0.2) is 12.3 Å². The molecule has 0 aromatic heterocycles. The van der Waals surface area contributed by atoms with Crippen molar-refractivity contribution in [3.05, 3.63) is 71.8 Å². The number of esters is 1. The highest BCUT2D eigenvalue weighted by atomic mass is 19.1. The average molecular weight is 398 g/mol. The van der Waals surface area contributed by atoms with Crippen molar-refractivity contribution in [3.8, 4) is 0 Å². The third-order valence-corrected chi connectivity index (χ3v) is 5.35. The minimum atomic E-state index is -1.34. The van der Waals surface area contributed by atoms with Crippen molar-refractivity contribution in [2.24, 2.45) is 0 Å². The maximum absolute atomic E-state index is 15.4. The van der Waals surface area contributed by atoms with Gasteiger partial charge in [0.05, 0.1) is 11.6 Å². The number of hydrogen-bond donors (Lipinski definition) is 1. The summed E-state index contributed by atoms with van der Waals surface area (Å²) < 4.78 is 21.1. The molecule has 2 aromatic rings. The number of carbonyl (C=O) groups is 2. The summed E-state index contributed by atoms with van der Waals surface area (Å²) in [5.41, 5.74) is 1.42. The van der Waals surface area contributed by atoms with E-state index in [1.165, 1.54) is 6.92 Å². The van der Waals surface area contributed by atoms with Crippen molar-refractivity contribution < 1.29 is 18.7 Å². The Morgan fingerprint density at radius 3 is 2.24 bits per heavy atom. The van der Waals surface area contributed by atoms with Crippen LogP contribution < -0.4 is 5.32 Å². The van der Waals surface area contributed by atoms with Crippen LogP contribution in [0.25, 0.3) is 0 Å². The first-order valence-corrected chi connectivity index (χ1v) is 9.95. The van der Waals surface area contributed by atoms with Crippen molar-refractivity contribution >= 4 is 11.9 Å². The van der Waals surface area contributed by atoms with E-state index >= 15 is 4.39 Å². The molecule has 0 bridgehead atoms. The second-order valence-corrected chi connectivity index (χ2v) is 7.32. The fourth-order valence-electron chi connectivity index (χ4n) is 3.93. The van der Waals surface area contributed by atoms with Gasteiger partial charge in [-0.05, 0) is 24.1 Å². The number of likely N-dealkylation sites (tertiary alicyclic amines) is 1. The molecule has 3 rings (SSSR count). The smallest absolute Gasteiger partial charge is 0.338 e. The number of amides is 1. The Morgan fingerprint density at radius 2 is 1.66 bits per heavy atom. The van der Waals surface area contributed by atoms with Crippen molar-refractivity contribution in [2.75, 3.05) is 6.54 Å². The maximum atomic E-state index is 15.4. The number of rotatable bonds is 7. The van der Waals surface area contributed by atoms with Crippen molar-refractivity contribution in [2.45, 2.75) is 51.2 Å². The van der Waals surface area contributed by atoms with Crippen LogP contribution in [0.5, 0.6) is 0 Å². The number of hydrogen-bond acceptors (Lipinski definition) is 4. The highest BCUT2D eigenvalue weighted by Crippen LogP contribution is 2.33. The molecule has 0 spiro atoms. The zero-order valence-electron chi connectivity index (χ0n) is 16.8. The van der Waals surface area contributed by atoms with Crippen molar-refractivity contribution in [3.63, 3.8) is 0 Å². The number of alkyl halides is 1. The summed E-state index contributed by atoms with van der Waals surface area (Å²) in [4.78, 5) is 26.1. The minimum Gasteiger partial charge on any atom is -0.454 e. The summed E-state index contributed by atoms with van der Waals surface area (Å²) in [6, 6.07) is 17.5. The van der Waals surface area contributed by atoms with Crippen molar-refractivity contribution in [1.29, 1.82) is 0 Å². The van der Waals surface area contributed by atoms with E-state index in [1.54, 1.807) is 30.3 Å². The Morgan fingerprint density at radius 1 is 1.03 bits per heavy atom. The second-order valence-electron chi connectivity index (χ2n) is 7.32. The Kier molecular flexibility index (Phi) is 6.99. The molecule has 5 nitrogen and oxygen atoms in total. The van der Waals surface area contributed by atoms with Crippen LogP contribution in [0.3, 0.4) is 0 Å². The molecule has 1 fully saturated rings. The van der Waals surface area contributed by atoms with Crippen LogP contribution in [-0.4, -0.2) is 47.7 Å². The van der Waals surface area contributed by atoms with E-state index in [0.29, 0.717) is 18.5 Å². The van der Waals surface area contributed by atoms with Gasteiger partial charge in [0.1, 0.15) is 0 Å². The summed E-state index contributed by atoms with van der Waals surface area (Å²) >= 11 is 0. The topological polar surface area (TPSA) is 58.6 Å². The molecular formula is C23H27FN2O3. The molecule has 1 heterocycles. The van der Waals surface area contributed by atoms with Gasteiger partial charge < -0.3 is 10.1 Å². The van der Waals surface area contributed by atoms with Gasteiger partial charge in [0.2, 0.25) is 5.91 Å². The molecule has 0 radical (unpaired) electrons. The quantitative estimate of drug-likeness (QED) is 0.727. The van der Waals surface area contributed by atoms with E-state index in [0.717, 1.165) is 5.56 Å². The lowest BCUT2D eigenvalue weighted by atomic mass is 10.1. The zero-order chi connectivity index (χ0) is 20.8. The maximum Gasteiger partial charge on any atom is 0.338 e. The number of ether oxygens (including phenoxy) is 1. The SMILES string of the molecule is CC[C@@H]1[C@H](F)[C@H](OC(=O)c2ccccc2)[C@@H](CNC(C)=O)N1Cc1ccccc1. The van der Waals surface area contributed by atoms with E-state index in [-0.39, 0.29) is 12.5 Å². The summed E-state index contributed by atoms with van der Waals surface area (Å²) in [6.07, 6.45) is -1.72. The third kappa shape index (κ3) is 5.01. The monoisotopic (exact) mass is 398 g/mol. The second kappa shape index (κ2) is 9.65. The number of nitrogens with one attached hydrogen (secondary N) is 1. The van der Waals surface area contributed by atoms with Crippen LogP contribution in [0.4, 0.5) is 4.39 Å².